The molecule has 2 saturated heterocycles. The number of hydrogen-bond acceptors (Lipinski definition) is 10. The van der Waals surface area contributed by atoms with Gasteiger partial charge in [0.1, 0.15) is 11.8 Å². The zero-order chi connectivity index (χ0) is 39.7. The molecule has 3 aromatic carbocycles. The minimum Gasteiger partial charge on any atom is -0.373 e. The average molecular weight is 757 g/mol. The van der Waals surface area contributed by atoms with Crippen molar-refractivity contribution in [2.24, 2.45) is 0 Å². The van der Waals surface area contributed by atoms with Gasteiger partial charge in [-0.05, 0) is 113 Å². The Morgan fingerprint density at radius 3 is 2.43 bits per heavy atom. The molecule has 3 amide bonds. The van der Waals surface area contributed by atoms with E-state index in [0.717, 1.165) is 76.5 Å². The van der Waals surface area contributed by atoms with Crippen molar-refractivity contribution in [3.05, 3.63) is 94.4 Å². The summed E-state index contributed by atoms with van der Waals surface area (Å²) in [7, 11) is 1.52. The van der Waals surface area contributed by atoms with Gasteiger partial charge in [0.25, 0.3) is 5.91 Å². The van der Waals surface area contributed by atoms with Gasteiger partial charge >= 0.3 is 0 Å². The lowest BCUT2D eigenvalue weighted by Gasteiger charge is -2.36. The van der Waals surface area contributed by atoms with Gasteiger partial charge in [0.2, 0.25) is 11.8 Å². The van der Waals surface area contributed by atoms with Crippen LogP contribution in [0.1, 0.15) is 88.7 Å². The highest BCUT2D eigenvalue weighted by molar-refractivity contribution is 6.06. The van der Waals surface area contributed by atoms with Crippen LogP contribution in [0.25, 0.3) is 11.1 Å². The lowest BCUT2D eigenvalue weighted by molar-refractivity contribution is -0.136. The highest BCUT2D eigenvalue weighted by Crippen LogP contribution is 2.48. The molecule has 0 spiro atoms. The number of carbonyl (C=O) groups excluding carboxylic acids is 4. The highest BCUT2D eigenvalue weighted by atomic mass is 16.5. The minimum absolute atomic E-state index is 0.0270. The molecular formula is C44H48N6O6. The molecule has 3 aliphatic rings. The predicted molar refractivity (Wildman–Crippen MR) is 212 cm³/mol. The van der Waals surface area contributed by atoms with Crippen molar-refractivity contribution in [3.8, 4) is 17.2 Å². The molecule has 1 N–H and O–H groups in total. The first-order valence-electron chi connectivity index (χ1n) is 19.3. The van der Waals surface area contributed by atoms with Crippen LogP contribution >= 0.6 is 0 Å². The largest absolute Gasteiger partial charge is 0.373 e. The smallest absolute Gasteiger partial charge is 0.255 e. The topological polar surface area (TPSA) is 149 Å². The molecule has 0 radical (unpaired) electrons. The quantitative estimate of drug-likeness (QED) is 0.122. The maximum atomic E-state index is 13.4. The molecule has 12 nitrogen and oxygen atoms in total. The summed E-state index contributed by atoms with van der Waals surface area (Å²) in [6, 6.07) is 21.8. The molecule has 3 fully saturated rings. The summed E-state index contributed by atoms with van der Waals surface area (Å²) < 4.78 is 12.2. The fraction of sp³-hybridized carbons (Fsp3) is 0.409. The van der Waals surface area contributed by atoms with Gasteiger partial charge in [0.05, 0.1) is 34.9 Å². The number of nitrogens with zero attached hydrogens (tertiary/aromatic N) is 5. The zero-order valence-corrected chi connectivity index (χ0v) is 32.6. The molecule has 2 unspecified atom stereocenters. The number of amides is 3. The van der Waals surface area contributed by atoms with Crippen molar-refractivity contribution in [2.75, 3.05) is 36.5 Å². The highest BCUT2D eigenvalue weighted by Gasteiger charge is 2.44. The van der Waals surface area contributed by atoms with Gasteiger partial charge < -0.3 is 24.0 Å². The Morgan fingerprint density at radius 2 is 1.80 bits per heavy atom. The lowest BCUT2D eigenvalue weighted by atomic mass is 9.97. The Hall–Kier alpha value is -5.80. The van der Waals surface area contributed by atoms with Gasteiger partial charge in [-0.25, -0.2) is 0 Å². The van der Waals surface area contributed by atoms with Crippen LogP contribution in [0.2, 0.25) is 0 Å². The molecule has 2 atom stereocenters. The molecule has 290 valence electrons. The fourth-order valence-corrected chi connectivity index (χ4v) is 8.15. The standard InChI is InChI=1S/C44H48N6O6/c1-27-6-7-31(41-29(3)47-56-30(41)4)23-39(27)50(34-10-8-33(9-11-34)44(26-45)18-19-44)24-28(2)55-36-16-20-49(21-17-36)35-12-13-37(32(22-35)25-51)43(54)48(5)38-14-15-40(52)46-42(38)53/h6-13,22-23,25,28,36,38H,14-21,24H2,1-5H3,(H,46,52,53). The number of aryl methyl sites for hydroxylation is 3. The van der Waals surface area contributed by atoms with Gasteiger partial charge in [0.15, 0.2) is 6.29 Å². The van der Waals surface area contributed by atoms with Crippen molar-refractivity contribution in [2.45, 2.75) is 89.9 Å². The van der Waals surface area contributed by atoms with Crippen molar-refractivity contribution < 1.29 is 28.4 Å². The van der Waals surface area contributed by atoms with Crippen LogP contribution in [-0.2, 0) is 19.7 Å². The minimum atomic E-state index is -0.778. The Morgan fingerprint density at radius 1 is 1.07 bits per heavy atom. The van der Waals surface area contributed by atoms with Crippen LogP contribution < -0.4 is 15.1 Å². The molecule has 4 aromatic rings. The molecule has 12 heteroatoms. The van der Waals surface area contributed by atoms with E-state index < -0.39 is 17.9 Å². The molecule has 2 aliphatic heterocycles. The summed E-state index contributed by atoms with van der Waals surface area (Å²) in [6.45, 7) is 10.1. The number of nitrogens with one attached hydrogen (secondary N) is 1. The molecule has 56 heavy (non-hydrogen) atoms. The lowest BCUT2D eigenvalue weighted by Crippen LogP contribution is -2.53. The number of carbonyl (C=O) groups is 4. The molecule has 1 saturated carbocycles. The molecule has 0 bridgehead atoms. The van der Waals surface area contributed by atoms with Gasteiger partial charge in [-0.15, -0.1) is 0 Å². The van der Waals surface area contributed by atoms with Gasteiger partial charge in [-0.2, -0.15) is 5.26 Å². The van der Waals surface area contributed by atoms with Crippen molar-refractivity contribution in [3.63, 3.8) is 0 Å². The summed E-state index contributed by atoms with van der Waals surface area (Å²) in [5.41, 5.74) is 8.04. The molecule has 1 aromatic heterocycles. The number of imide groups is 1. The molecule has 3 heterocycles. The van der Waals surface area contributed by atoms with E-state index in [0.29, 0.717) is 25.9 Å². The first kappa shape index (κ1) is 38.5. The van der Waals surface area contributed by atoms with Crippen LogP contribution in [0, 0.1) is 32.1 Å². The van der Waals surface area contributed by atoms with Crippen LogP contribution in [0.3, 0.4) is 0 Å². The molecule has 7 rings (SSSR count). The maximum Gasteiger partial charge on any atom is 0.255 e. The van der Waals surface area contributed by atoms with Gasteiger partial charge in [-0.3, -0.25) is 24.5 Å². The number of aldehydes is 1. The Bertz CT molecular complexity index is 2170. The average Bonchev–Trinajstić information content (AvgIpc) is 3.94. The summed E-state index contributed by atoms with van der Waals surface area (Å²) in [4.78, 5) is 55.4. The summed E-state index contributed by atoms with van der Waals surface area (Å²) >= 11 is 0. The van der Waals surface area contributed by atoms with E-state index in [4.69, 9.17) is 9.26 Å². The fourth-order valence-electron chi connectivity index (χ4n) is 8.15. The summed E-state index contributed by atoms with van der Waals surface area (Å²) in [5.74, 6) is -0.541. The summed E-state index contributed by atoms with van der Waals surface area (Å²) in [6.07, 6.45) is 4.31. The number of rotatable bonds is 12. The van der Waals surface area contributed by atoms with E-state index in [1.54, 1.807) is 12.1 Å². The van der Waals surface area contributed by atoms with Gasteiger partial charge in [0, 0.05) is 61.3 Å². The molecule has 1 aliphatic carbocycles. The Balaban J connectivity index is 1.04. The first-order chi connectivity index (χ1) is 26.9. The van der Waals surface area contributed by atoms with Gasteiger partial charge in [-0.1, -0.05) is 29.4 Å². The number of anilines is 3. The van der Waals surface area contributed by atoms with Crippen LogP contribution in [0.5, 0.6) is 0 Å². The zero-order valence-electron chi connectivity index (χ0n) is 32.6. The SMILES string of the molecule is Cc1ccc(-c2c(C)noc2C)cc1N(CC(C)OC1CCN(c2ccc(C(=O)N(C)C3CCC(=O)NC3=O)c(C=O)c2)CC1)c1ccc(C2(C#N)CC2)cc1. The third-order valence-corrected chi connectivity index (χ3v) is 11.6. The number of nitriles is 1. The van der Waals surface area contributed by atoms with E-state index in [2.05, 4.69) is 82.7 Å². The van der Waals surface area contributed by atoms with E-state index in [1.807, 2.05) is 19.9 Å². The molecular weight excluding hydrogens is 709 g/mol. The number of piperidine rings is 2. The second-order valence-electron chi connectivity index (χ2n) is 15.5. The maximum absolute atomic E-state index is 13.4. The number of ether oxygens (including phenoxy) is 1. The number of likely N-dealkylation sites (N-methyl/N-ethyl adjacent to an activating group) is 1. The summed E-state index contributed by atoms with van der Waals surface area (Å²) in [5, 5.41) is 16.3. The monoisotopic (exact) mass is 756 g/mol. The van der Waals surface area contributed by atoms with Crippen molar-refractivity contribution >= 4 is 41.1 Å². The number of benzene rings is 3. The second kappa shape index (κ2) is 15.7. The normalized spacial score (nSPS) is 18.5. The van der Waals surface area contributed by atoms with Crippen LogP contribution in [0.4, 0.5) is 17.1 Å². The third-order valence-electron chi connectivity index (χ3n) is 11.6. The second-order valence-corrected chi connectivity index (χ2v) is 15.5. The van der Waals surface area contributed by atoms with E-state index in [9.17, 15) is 24.4 Å². The van der Waals surface area contributed by atoms with Crippen molar-refractivity contribution in [1.82, 2.24) is 15.4 Å². The Labute approximate surface area is 327 Å². The number of aromatic nitrogens is 1. The van der Waals surface area contributed by atoms with E-state index >= 15 is 0 Å². The third kappa shape index (κ3) is 7.69. The first-order valence-corrected chi connectivity index (χ1v) is 19.3. The van der Waals surface area contributed by atoms with E-state index in [1.165, 1.54) is 11.9 Å². The van der Waals surface area contributed by atoms with Crippen LogP contribution in [-0.4, -0.2) is 79.0 Å². The van der Waals surface area contributed by atoms with E-state index in [-0.39, 0.29) is 47.5 Å². The predicted octanol–water partition coefficient (Wildman–Crippen LogP) is 6.72. The Kier molecular flexibility index (Phi) is 10.8. The van der Waals surface area contributed by atoms with Crippen LogP contribution in [0.15, 0.2) is 65.2 Å². The number of hydrogen-bond donors (Lipinski definition) is 1. The van der Waals surface area contributed by atoms with Crippen molar-refractivity contribution in [1.29, 1.82) is 5.26 Å².